The highest BCUT2D eigenvalue weighted by Crippen LogP contribution is 2.16. The maximum Gasteiger partial charge on any atom is 0.119 e. The van der Waals surface area contributed by atoms with Crippen molar-refractivity contribution in [3.05, 3.63) is 29.8 Å². The van der Waals surface area contributed by atoms with Crippen LogP contribution in [-0.2, 0) is 6.54 Å². The molecule has 0 fully saturated rings. The van der Waals surface area contributed by atoms with Crippen molar-refractivity contribution in [1.29, 1.82) is 0 Å². The lowest BCUT2D eigenvalue weighted by atomic mass is 10.0. The highest BCUT2D eigenvalue weighted by Gasteiger charge is 2.15. The van der Waals surface area contributed by atoms with Gasteiger partial charge in [-0.15, -0.1) is 0 Å². The minimum absolute atomic E-state index is 0.478. The molecule has 2 unspecified atom stereocenters. The molecule has 0 aliphatic carbocycles. The van der Waals surface area contributed by atoms with Crippen LogP contribution in [0.25, 0.3) is 0 Å². The van der Waals surface area contributed by atoms with E-state index in [4.69, 9.17) is 10.5 Å². The zero-order chi connectivity index (χ0) is 12.8. The summed E-state index contributed by atoms with van der Waals surface area (Å²) in [6.07, 6.45) is 0. The molecule has 1 aromatic carbocycles. The van der Waals surface area contributed by atoms with Crippen molar-refractivity contribution in [3.8, 4) is 5.75 Å². The Hall–Kier alpha value is -1.06. The molecule has 0 bridgehead atoms. The minimum Gasteiger partial charge on any atom is -0.497 e. The van der Waals surface area contributed by atoms with Gasteiger partial charge in [0.15, 0.2) is 0 Å². The standard InChI is InChI=1S/C14H24N2O/c1-11(9-15)12(2)16(3)10-13-6-5-7-14(8-13)17-4/h5-8,11-12H,9-10,15H2,1-4H3. The van der Waals surface area contributed by atoms with E-state index in [1.54, 1.807) is 7.11 Å². The first kappa shape index (κ1) is 14.0. The Bertz CT molecular complexity index is 341. The van der Waals surface area contributed by atoms with Crippen LogP contribution < -0.4 is 10.5 Å². The molecule has 0 saturated heterocycles. The topological polar surface area (TPSA) is 38.5 Å². The molecule has 0 amide bonds. The van der Waals surface area contributed by atoms with E-state index in [0.29, 0.717) is 12.0 Å². The fourth-order valence-electron chi connectivity index (χ4n) is 1.83. The first-order valence-electron chi connectivity index (χ1n) is 6.11. The van der Waals surface area contributed by atoms with E-state index in [1.165, 1.54) is 5.56 Å². The molecule has 0 aromatic heterocycles. The van der Waals surface area contributed by atoms with Crippen LogP contribution in [0.4, 0.5) is 0 Å². The zero-order valence-corrected chi connectivity index (χ0v) is 11.3. The summed E-state index contributed by atoms with van der Waals surface area (Å²) in [7, 11) is 3.83. The Balaban J connectivity index is 2.63. The lowest BCUT2D eigenvalue weighted by Gasteiger charge is -2.29. The van der Waals surface area contributed by atoms with E-state index in [9.17, 15) is 0 Å². The van der Waals surface area contributed by atoms with E-state index in [-0.39, 0.29) is 0 Å². The molecule has 17 heavy (non-hydrogen) atoms. The predicted molar refractivity (Wildman–Crippen MR) is 72.1 cm³/mol. The average Bonchev–Trinajstić information content (AvgIpc) is 2.37. The zero-order valence-electron chi connectivity index (χ0n) is 11.3. The van der Waals surface area contributed by atoms with Crippen LogP contribution >= 0.6 is 0 Å². The maximum atomic E-state index is 5.70. The van der Waals surface area contributed by atoms with E-state index in [2.05, 4.69) is 37.9 Å². The van der Waals surface area contributed by atoms with Gasteiger partial charge < -0.3 is 10.5 Å². The molecule has 0 spiro atoms. The number of ether oxygens (including phenoxy) is 1. The fraction of sp³-hybridized carbons (Fsp3) is 0.571. The van der Waals surface area contributed by atoms with Gasteiger partial charge in [0, 0.05) is 12.6 Å². The Kier molecular flexibility index (Phi) is 5.45. The van der Waals surface area contributed by atoms with Crippen molar-refractivity contribution in [2.75, 3.05) is 20.7 Å². The smallest absolute Gasteiger partial charge is 0.119 e. The highest BCUT2D eigenvalue weighted by molar-refractivity contribution is 5.28. The number of hydrogen-bond acceptors (Lipinski definition) is 3. The Morgan fingerprint density at radius 3 is 2.65 bits per heavy atom. The van der Waals surface area contributed by atoms with Crippen molar-refractivity contribution in [1.82, 2.24) is 4.90 Å². The van der Waals surface area contributed by atoms with Crippen LogP contribution in [0.15, 0.2) is 24.3 Å². The molecule has 1 aromatic rings. The number of methoxy groups -OCH3 is 1. The van der Waals surface area contributed by atoms with Gasteiger partial charge >= 0.3 is 0 Å². The molecule has 96 valence electrons. The number of nitrogens with zero attached hydrogens (tertiary/aromatic N) is 1. The lowest BCUT2D eigenvalue weighted by molar-refractivity contribution is 0.194. The summed E-state index contributed by atoms with van der Waals surface area (Å²) in [5, 5.41) is 0. The average molecular weight is 236 g/mol. The fourth-order valence-corrected chi connectivity index (χ4v) is 1.83. The van der Waals surface area contributed by atoms with Crippen molar-refractivity contribution in [2.45, 2.75) is 26.4 Å². The molecule has 2 atom stereocenters. The molecular formula is C14H24N2O. The van der Waals surface area contributed by atoms with Crippen LogP contribution in [0, 0.1) is 5.92 Å². The minimum atomic E-state index is 0.478. The first-order chi connectivity index (χ1) is 8.08. The van der Waals surface area contributed by atoms with Gasteiger partial charge in [-0.3, -0.25) is 4.90 Å². The van der Waals surface area contributed by atoms with Crippen LogP contribution in [0.2, 0.25) is 0 Å². The highest BCUT2D eigenvalue weighted by atomic mass is 16.5. The molecule has 0 saturated carbocycles. The van der Waals surface area contributed by atoms with Gasteiger partial charge in [-0.05, 0) is 44.1 Å². The molecule has 3 nitrogen and oxygen atoms in total. The molecule has 0 aliphatic heterocycles. The summed E-state index contributed by atoms with van der Waals surface area (Å²) in [4.78, 5) is 2.33. The van der Waals surface area contributed by atoms with E-state index in [0.717, 1.165) is 18.8 Å². The second kappa shape index (κ2) is 6.62. The summed E-state index contributed by atoms with van der Waals surface area (Å²) in [5.41, 5.74) is 6.97. The van der Waals surface area contributed by atoms with Gasteiger partial charge in [0.1, 0.15) is 5.75 Å². The monoisotopic (exact) mass is 236 g/mol. The molecule has 0 radical (unpaired) electrons. The summed E-state index contributed by atoms with van der Waals surface area (Å²) < 4.78 is 5.23. The van der Waals surface area contributed by atoms with Gasteiger partial charge in [-0.2, -0.15) is 0 Å². The largest absolute Gasteiger partial charge is 0.497 e. The van der Waals surface area contributed by atoms with Crippen molar-refractivity contribution < 1.29 is 4.74 Å². The SMILES string of the molecule is COc1cccc(CN(C)C(C)C(C)CN)c1. The third-order valence-corrected chi connectivity index (χ3v) is 3.46. The number of hydrogen-bond donors (Lipinski definition) is 1. The Labute approximate surface area is 105 Å². The predicted octanol–water partition coefficient (Wildman–Crippen LogP) is 2.11. The van der Waals surface area contributed by atoms with Crippen LogP contribution in [0.3, 0.4) is 0 Å². The van der Waals surface area contributed by atoms with E-state index in [1.807, 2.05) is 12.1 Å². The van der Waals surface area contributed by atoms with Crippen LogP contribution in [-0.4, -0.2) is 31.6 Å². The first-order valence-corrected chi connectivity index (χ1v) is 6.11. The third kappa shape index (κ3) is 4.02. The quantitative estimate of drug-likeness (QED) is 0.822. The molecular weight excluding hydrogens is 212 g/mol. The van der Waals surface area contributed by atoms with Gasteiger partial charge in [0.05, 0.1) is 7.11 Å². The molecule has 3 heteroatoms. The van der Waals surface area contributed by atoms with Crippen LogP contribution in [0.1, 0.15) is 19.4 Å². The van der Waals surface area contributed by atoms with Gasteiger partial charge in [0.25, 0.3) is 0 Å². The number of rotatable bonds is 6. The van der Waals surface area contributed by atoms with Gasteiger partial charge in [0.2, 0.25) is 0 Å². The Morgan fingerprint density at radius 2 is 2.06 bits per heavy atom. The van der Waals surface area contributed by atoms with Crippen molar-refractivity contribution in [2.24, 2.45) is 11.7 Å². The number of nitrogens with two attached hydrogens (primary N) is 1. The summed E-state index contributed by atoms with van der Waals surface area (Å²) in [6, 6.07) is 8.68. The van der Waals surface area contributed by atoms with E-state index < -0.39 is 0 Å². The summed E-state index contributed by atoms with van der Waals surface area (Å²) >= 11 is 0. The van der Waals surface area contributed by atoms with Crippen molar-refractivity contribution >= 4 is 0 Å². The summed E-state index contributed by atoms with van der Waals surface area (Å²) in [6.45, 7) is 6.05. The number of benzene rings is 1. The second-order valence-corrected chi connectivity index (χ2v) is 4.72. The summed E-state index contributed by atoms with van der Waals surface area (Å²) in [5.74, 6) is 1.42. The van der Waals surface area contributed by atoms with Gasteiger partial charge in [-0.25, -0.2) is 0 Å². The normalized spacial score (nSPS) is 14.7. The molecule has 0 heterocycles. The maximum absolute atomic E-state index is 5.70. The second-order valence-electron chi connectivity index (χ2n) is 4.72. The molecule has 0 aliphatic rings. The lowest BCUT2D eigenvalue weighted by Crippen LogP contribution is -2.37. The Morgan fingerprint density at radius 1 is 1.35 bits per heavy atom. The molecule has 2 N–H and O–H groups in total. The molecule has 1 rings (SSSR count). The van der Waals surface area contributed by atoms with Crippen LogP contribution in [0.5, 0.6) is 5.75 Å². The van der Waals surface area contributed by atoms with E-state index >= 15 is 0 Å². The van der Waals surface area contributed by atoms with Crippen molar-refractivity contribution in [3.63, 3.8) is 0 Å². The van der Waals surface area contributed by atoms with Gasteiger partial charge in [-0.1, -0.05) is 19.1 Å². The third-order valence-electron chi connectivity index (χ3n) is 3.46.